The first kappa shape index (κ1) is 22.7. The first-order valence-corrected chi connectivity index (χ1v) is 11.3. The number of carbonyl (C=O) groups excluding carboxylic acids is 2. The molecular formula is C26H24BrN3O3. The van der Waals surface area contributed by atoms with Gasteiger partial charge in [0.15, 0.2) is 0 Å². The number of aromatic nitrogens is 1. The maximum Gasteiger partial charge on any atom is 0.295 e. The first-order chi connectivity index (χ1) is 15.8. The first-order valence-electron chi connectivity index (χ1n) is 10.5. The molecule has 1 aromatic heterocycles. The number of hydrogen-bond acceptors (Lipinski definition) is 5. The molecule has 1 saturated heterocycles. The van der Waals surface area contributed by atoms with Gasteiger partial charge < -0.3 is 14.9 Å². The third-order valence-corrected chi connectivity index (χ3v) is 6.66. The lowest BCUT2D eigenvalue weighted by molar-refractivity contribution is -0.140. The summed E-state index contributed by atoms with van der Waals surface area (Å²) in [5.74, 6) is -1.52. The molecule has 7 heteroatoms. The van der Waals surface area contributed by atoms with Crippen LogP contribution in [0.4, 0.5) is 5.69 Å². The normalized spacial score (nSPS) is 17.5. The molecule has 6 nitrogen and oxygen atoms in total. The summed E-state index contributed by atoms with van der Waals surface area (Å²) >= 11 is 3.46. The number of anilines is 1. The van der Waals surface area contributed by atoms with Crippen LogP contribution in [0.15, 0.2) is 77.0 Å². The Bertz CT molecular complexity index is 1240. The molecule has 33 heavy (non-hydrogen) atoms. The molecule has 0 spiro atoms. The zero-order valence-electron chi connectivity index (χ0n) is 18.6. The van der Waals surface area contributed by atoms with Crippen LogP contribution in [0.5, 0.6) is 0 Å². The Kier molecular flexibility index (Phi) is 6.33. The third-order valence-electron chi connectivity index (χ3n) is 5.77. The number of Topliss-reactive ketones (excluding diaryl/α,β-unsaturated/α-hetero) is 1. The van der Waals surface area contributed by atoms with Crippen LogP contribution in [-0.4, -0.2) is 40.8 Å². The summed E-state index contributed by atoms with van der Waals surface area (Å²) in [5.41, 5.74) is 4.03. The van der Waals surface area contributed by atoms with E-state index in [9.17, 15) is 14.7 Å². The van der Waals surface area contributed by atoms with E-state index in [0.717, 1.165) is 26.9 Å². The highest BCUT2D eigenvalue weighted by Gasteiger charge is 2.46. The van der Waals surface area contributed by atoms with Gasteiger partial charge in [-0.25, -0.2) is 0 Å². The van der Waals surface area contributed by atoms with E-state index in [2.05, 4.69) is 20.9 Å². The fourth-order valence-electron chi connectivity index (χ4n) is 3.98. The summed E-state index contributed by atoms with van der Waals surface area (Å²) in [4.78, 5) is 33.9. The van der Waals surface area contributed by atoms with Gasteiger partial charge >= 0.3 is 0 Å². The second-order valence-corrected chi connectivity index (χ2v) is 9.09. The van der Waals surface area contributed by atoms with Crippen LogP contribution in [0.2, 0.25) is 0 Å². The predicted molar refractivity (Wildman–Crippen MR) is 132 cm³/mol. The van der Waals surface area contributed by atoms with E-state index in [1.165, 1.54) is 4.90 Å². The summed E-state index contributed by atoms with van der Waals surface area (Å²) in [6, 6.07) is 15.9. The molecule has 1 N–H and O–H groups in total. The number of ketones is 1. The average molecular weight is 506 g/mol. The van der Waals surface area contributed by atoms with E-state index in [1.807, 2.05) is 62.3 Å². The molecule has 0 aliphatic carbocycles. The highest BCUT2D eigenvalue weighted by Crippen LogP contribution is 2.41. The topological polar surface area (TPSA) is 73.7 Å². The number of aliphatic hydroxyl groups excluding tert-OH is 1. The van der Waals surface area contributed by atoms with Gasteiger partial charge in [0, 0.05) is 48.8 Å². The highest BCUT2D eigenvalue weighted by atomic mass is 79.9. The van der Waals surface area contributed by atoms with E-state index < -0.39 is 17.7 Å². The SMILES string of the molecule is Cc1cc(/C(O)=C2/C(=O)C(=O)N(Cc3cccnc3)C2c2ccc(N(C)C)cc2)ccc1Br. The average Bonchev–Trinajstić information content (AvgIpc) is 3.06. The van der Waals surface area contributed by atoms with Gasteiger partial charge in [-0.05, 0) is 53.9 Å². The molecule has 168 valence electrons. The van der Waals surface area contributed by atoms with Crippen molar-refractivity contribution in [3.8, 4) is 0 Å². The van der Waals surface area contributed by atoms with Gasteiger partial charge in [0.1, 0.15) is 5.76 Å². The summed E-state index contributed by atoms with van der Waals surface area (Å²) in [5, 5.41) is 11.2. The smallest absolute Gasteiger partial charge is 0.295 e. The van der Waals surface area contributed by atoms with Crippen molar-refractivity contribution >= 4 is 39.1 Å². The lowest BCUT2D eigenvalue weighted by Crippen LogP contribution is -2.29. The fraction of sp³-hybridized carbons (Fsp3) is 0.192. The molecule has 2 heterocycles. The number of benzene rings is 2. The number of aryl methyl sites for hydroxylation is 1. The van der Waals surface area contributed by atoms with Crippen molar-refractivity contribution in [2.75, 3.05) is 19.0 Å². The van der Waals surface area contributed by atoms with Crippen molar-refractivity contribution in [1.82, 2.24) is 9.88 Å². The van der Waals surface area contributed by atoms with Crippen LogP contribution in [0.25, 0.3) is 5.76 Å². The molecule has 1 atom stereocenters. The summed E-state index contributed by atoms with van der Waals surface area (Å²) in [6.07, 6.45) is 3.33. The number of hydrogen-bond donors (Lipinski definition) is 1. The number of halogens is 1. The van der Waals surface area contributed by atoms with E-state index in [-0.39, 0.29) is 17.9 Å². The van der Waals surface area contributed by atoms with Gasteiger partial charge in [0.25, 0.3) is 11.7 Å². The van der Waals surface area contributed by atoms with Crippen LogP contribution < -0.4 is 4.90 Å². The molecular weight excluding hydrogens is 482 g/mol. The van der Waals surface area contributed by atoms with Gasteiger partial charge in [-0.15, -0.1) is 0 Å². The number of nitrogens with zero attached hydrogens (tertiary/aromatic N) is 3. The number of carbonyl (C=O) groups is 2. The molecule has 1 aliphatic heterocycles. The molecule has 3 aromatic rings. The largest absolute Gasteiger partial charge is 0.507 e. The monoisotopic (exact) mass is 505 g/mol. The van der Waals surface area contributed by atoms with E-state index in [0.29, 0.717) is 5.56 Å². The fourth-order valence-corrected chi connectivity index (χ4v) is 4.23. The minimum absolute atomic E-state index is 0.0863. The molecule has 1 amide bonds. The number of likely N-dealkylation sites (tertiary alicyclic amines) is 1. The Morgan fingerprint density at radius 2 is 1.85 bits per heavy atom. The molecule has 1 fully saturated rings. The van der Waals surface area contributed by atoms with Crippen molar-refractivity contribution in [2.24, 2.45) is 0 Å². The minimum atomic E-state index is -0.717. The summed E-state index contributed by atoms with van der Waals surface area (Å²) in [6.45, 7) is 2.11. The lowest BCUT2D eigenvalue weighted by Gasteiger charge is -2.26. The van der Waals surface area contributed by atoms with Crippen molar-refractivity contribution in [3.63, 3.8) is 0 Å². The number of pyridine rings is 1. The van der Waals surface area contributed by atoms with E-state index in [4.69, 9.17) is 0 Å². The Morgan fingerprint density at radius 3 is 2.45 bits per heavy atom. The Morgan fingerprint density at radius 1 is 1.12 bits per heavy atom. The minimum Gasteiger partial charge on any atom is -0.507 e. The Hall–Kier alpha value is -3.45. The molecule has 0 radical (unpaired) electrons. The highest BCUT2D eigenvalue weighted by molar-refractivity contribution is 9.10. The van der Waals surface area contributed by atoms with Gasteiger partial charge in [0.05, 0.1) is 11.6 Å². The summed E-state index contributed by atoms with van der Waals surface area (Å²) < 4.78 is 0.895. The summed E-state index contributed by atoms with van der Waals surface area (Å²) in [7, 11) is 3.89. The van der Waals surface area contributed by atoms with Gasteiger partial charge in [-0.3, -0.25) is 14.6 Å². The second kappa shape index (κ2) is 9.19. The number of rotatable bonds is 5. The Labute approximate surface area is 201 Å². The zero-order valence-corrected chi connectivity index (χ0v) is 20.2. The van der Waals surface area contributed by atoms with Crippen molar-refractivity contribution in [3.05, 3.63) is 99.3 Å². The Balaban J connectivity index is 1.86. The van der Waals surface area contributed by atoms with Gasteiger partial charge in [-0.1, -0.05) is 40.2 Å². The molecule has 1 aliphatic rings. The van der Waals surface area contributed by atoms with Crippen LogP contribution in [-0.2, 0) is 16.1 Å². The maximum atomic E-state index is 13.2. The molecule has 0 bridgehead atoms. The predicted octanol–water partition coefficient (Wildman–Crippen LogP) is 4.84. The van der Waals surface area contributed by atoms with E-state index in [1.54, 1.807) is 30.6 Å². The van der Waals surface area contributed by atoms with Gasteiger partial charge in [-0.2, -0.15) is 0 Å². The maximum absolute atomic E-state index is 13.2. The standard InChI is InChI=1S/C26H24BrN3O3/c1-16-13-19(8-11-21(16)27)24(31)22-23(18-6-9-20(10-7-18)29(2)3)30(26(33)25(22)32)15-17-5-4-12-28-14-17/h4-14,23,31H,15H2,1-3H3/b24-22-. The molecule has 1 unspecified atom stereocenters. The molecule has 4 rings (SSSR count). The third kappa shape index (κ3) is 4.41. The molecule has 0 saturated carbocycles. The lowest BCUT2D eigenvalue weighted by atomic mass is 9.94. The van der Waals surface area contributed by atoms with Crippen molar-refractivity contribution in [2.45, 2.75) is 19.5 Å². The van der Waals surface area contributed by atoms with Crippen LogP contribution in [0.3, 0.4) is 0 Å². The van der Waals surface area contributed by atoms with Crippen LogP contribution >= 0.6 is 15.9 Å². The van der Waals surface area contributed by atoms with Crippen LogP contribution in [0, 0.1) is 6.92 Å². The number of aliphatic hydroxyl groups is 1. The van der Waals surface area contributed by atoms with Gasteiger partial charge in [0.2, 0.25) is 0 Å². The number of amides is 1. The van der Waals surface area contributed by atoms with Crippen LogP contribution in [0.1, 0.15) is 28.3 Å². The quantitative estimate of drug-likeness (QED) is 0.305. The van der Waals surface area contributed by atoms with Crippen molar-refractivity contribution in [1.29, 1.82) is 0 Å². The van der Waals surface area contributed by atoms with E-state index >= 15 is 0 Å². The molecule has 2 aromatic carbocycles. The second-order valence-electron chi connectivity index (χ2n) is 8.24. The zero-order chi connectivity index (χ0) is 23.7. The van der Waals surface area contributed by atoms with Crippen molar-refractivity contribution < 1.29 is 14.7 Å².